The average molecular weight is 463 g/mol. The van der Waals surface area contributed by atoms with E-state index >= 15 is 0 Å². The summed E-state index contributed by atoms with van der Waals surface area (Å²) in [7, 11) is -4.01. The lowest BCUT2D eigenvalue weighted by Crippen LogP contribution is -2.38. The quantitative estimate of drug-likeness (QED) is 0.529. The molecule has 8 heteroatoms. The van der Waals surface area contributed by atoms with Gasteiger partial charge in [0, 0.05) is 15.7 Å². The SMILES string of the molecule is Cc1ccc(NC(=O)CN(c2cc(Cl)ccc2C)S(=O)(=O)c2ccccc2)cc1Cl. The average Bonchev–Trinajstić information content (AvgIpc) is 2.71. The van der Waals surface area contributed by atoms with Crippen LogP contribution in [0.1, 0.15) is 11.1 Å². The number of hydrogen-bond acceptors (Lipinski definition) is 3. The van der Waals surface area contributed by atoms with Gasteiger partial charge in [0.2, 0.25) is 5.91 Å². The topological polar surface area (TPSA) is 66.5 Å². The predicted octanol–water partition coefficient (Wildman–Crippen LogP) is 5.44. The van der Waals surface area contributed by atoms with Gasteiger partial charge in [0.25, 0.3) is 10.0 Å². The van der Waals surface area contributed by atoms with Crippen molar-refractivity contribution >= 4 is 50.5 Å². The third kappa shape index (κ3) is 4.95. The van der Waals surface area contributed by atoms with Gasteiger partial charge < -0.3 is 5.32 Å². The molecule has 0 aliphatic heterocycles. The van der Waals surface area contributed by atoms with E-state index in [0.717, 1.165) is 9.87 Å². The zero-order valence-corrected chi connectivity index (χ0v) is 18.7. The number of rotatable bonds is 6. The maximum atomic E-state index is 13.4. The fourth-order valence-corrected chi connectivity index (χ4v) is 4.72. The molecular weight excluding hydrogens is 443 g/mol. The number of halogens is 2. The second-order valence-electron chi connectivity index (χ2n) is 6.77. The number of sulfonamides is 1. The molecule has 5 nitrogen and oxygen atoms in total. The lowest BCUT2D eigenvalue weighted by Gasteiger charge is -2.26. The monoisotopic (exact) mass is 462 g/mol. The van der Waals surface area contributed by atoms with E-state index in [2.05, 4.69) is 5.32 Å². The van der Waals surface area contributed by atoms with E-state index in [-0.39, 0.29) is 4.90 Å². The summed E-state index contributed by atoms with van der Waals surface area (Å²) in [4.78, 5) is 12.9. The van der Waals surface area contributed by atoms with Crippen molar-refractivity contribution in [3.05, 3.63) is 87.9 Å². The van der Waals surface area contributed by atoms with Crippen LogP contribution in [0.3, 0.4) is 0 Å². The van der Waals surface area contributed by atoms with Gasteiger partial charge in [-0.15, -0.1) is 0 Å². The van der Waals surface area contributed by atoms with E-state index in [1.54, 1.807) is 55.5 Å². The molecule has 3 aromatic rings. The van der Waals surface area contributed by atoms with Crippen LogP contribution >= 0.6 is 23.2 Å². The minimum atomic E-state index is -4.01. The normalized spacial score (nSPS) is 11.2. The van der Waals surface area contributed by atoms with Crippen molar-refractivity contribution in [2.45, 2.75) is 18.7 Å². The summed E-state index contributed by atoms with van der Waals surface area (Å²) >= 11 is 12.2. The first kappa shape index (κ1) is 22.2. The highest BCUT2D eigenvalue weighted by Gasteiger charge is 2.28. The molecule has 0 fully saturated rings. The van der Waals surface area contributed by atoms with Crippen molar-refractivity contribution in [3.63, 3.8) is 0 Å². The van der Waals surface area contributed by atoms with Crippen LogP contribution in [0.15, 0.2) is 71.6 Å². The van der Waals surface area contributed by atoms with Gasteiger partial charge in [0.15, 0.2) is 0 Å². The lowest BCUT2D eigenvalue weighted by atomic mass is 10.2. The first-order chi connectivity index (χ1) is 14.2. The largest absolute Gasteiger partial charge is 0.324 e. The van der Waals surface area contributed by atoms with Crippen molar-refractivity contribution in [1.82, 2.24) is 0 Å². The van der Waals surface area contributed by atoms with Crippen LogP contribution in [0.25, 0.3) is 0 Å². The van der Waals surface area contributed by atoms with Crippen molar-refractivity contribution in [3.8, 4) is 0 Å². The number of amides is 1. The Bertz CT molecular complexity index is 1180. The Kier molecular flexibility index (Phi) is 6.71. The maximum Gasteiger partial charge on any atom is 0.264 e. The Balaban J connectivity index is 1.98. The van der Waals surface area contributed by atoms with Gasteiger partial charge in [0.1, 0.15) is 6.54 Å². The number of aryl methyl sites for hydroxylation is 2. The highest BCUT2D eigenvalue weighted by Crippen LogP contribution is 2.29. The van der Waals surface area contributed by atoms with Crippen molar-refractivity contribution in [2.24, 2.45) is 0 Å². The fraction of sp³-hybridized carbons (Fsp3) is 0.136. The van der Waals surface area contributed by atoms with E-state index in [0.29, 0.717) is 27.0 Å². The number of hydrogen-bond donors (Lipinski definition) is 1. The second kappa shape index (κ2) is 9.08. The summed E-state index contributed by atoms with van der Waals surface area (Å²) in [5.41, 5.74) is 2.36. The van der Waals surface area contributed by atoms with E-state index < -0.39 is 22.5 Å². The molecule has 30 heavy (non-hydrogen) atoms. The maximum absolute atomic E-state index is 13.4. The Hall–Kier alpha value is -2.54. The van der Waals surface area contributed by atoms with Crippen LogP contribution in [-0.4, -0.2) is 20.9 Å². The van der Waals surface area contributed by atoms with Crippen LogP contribution < -0.4 is 9.62 Å². The number of nitrogens with zero attached hydrogens (tertiary/aromatic N) is 1. The molecule has 0 atom stereocenters. The van der Waals surface area contributed by atoms with Gasteiger partial charge >= 0.3 is 0 Å². The molecule has 156 valence electrons. The van der Waals surface area contributed by atoms with E-state index in [9.17, 15) is 13.2 Å². The molecule has 0 bridgehead atoms. The van der Waals surface area contributed by atoms with E-state index in [1.807, 2.05) is 6.92 Å². The van der Waals surface area contributed by atoms with E-state index in [4.69, 9.17) is 23.2 Å². The van der Waals surface area contributed by atoms with Gasteiger partial charge in [-0.3, -0.25) is 9.10 Å². The van der Waals surface area contributed by atoms with Gasteiger partial charge in [-0.1, -0.05) is 53.5 Å². The first-order valence-corrected chi connectivity index (χ1v) is 11.3. The van der Waals surface area contributed by atoms with Crippen LogP contribution in [-0.2, 0) is 14.8 Å². The minimum Gasteiger partial charge on any atom is -0.324 e. The van der Waals surface area contributed by atoms with Gasteiger partial charge in [-0.2, -0.15) is 0 Å². The molecule has 3 aromatic carbocycles. The highest BCUT2D eigenvalue weighted by molar-refractivity contribution is 7.92. The highest BCUT2D eigenvalue weighted by atomic mass is 35.5. The van der Waals surface area contributed by atoms with Crippen molar-refractivity contribution < 1.29 is 13.2 Å². The van der Waals surface area contributed by atoms with Crippen LogP contribution in [0.4, 0.5) is 11.4 Å². The first-order valence-electron chi connectivity index (χ1n) is 9.08. The molecule has 0 aromatic heterocycles. The molecule has 0 radical (unpaired) electrons. The molecule has 0 unspecified atom stereocenters. The summed E-state index contributed by atoms with van der Waals surface area (Å²) in [5.74, 6) is -0.506. The molecule has 1 N–H and O–H groups in total. The number of anilines is 2. The molecule has 0 saturated carbocycles. The van der Waals surface area contributed by atoms with Crippen molar-refractivity contribution in [1.29, 1.82) is 0 Å². The van der Waals surface area contributed by atoms with E-state index in [1.165, 1.54) is 18.2 Å². The summed E-state index contributed by atoms with van der Waals surface area (Å²) in [6.07, 6.45) is 0. The number of benzene rings is 3. The van der Waals surface area contributed by atoms with Crippen LogP contribution in [0.2, 0.25) is 10.0 Å². The van der Waals surface area contributed by atoms with Crippen LogP contribution in [0, 0.1) is 13.8 Å². The summed E-state index contributed by atoms with van der Waals surface area (Å²) in [6, 6.07) is 18.0. The predicted molar refractivity (Wildman–Crippen MR) is 122 cm³/mol. The van der Waals surface area contributed by atoms with Gasteiger partial charge in [0.05, 0.1) is 10.6 Å². The smallest absolute Gasteiger partial charge is 0.264 e. The lowest BCUT2D eigenvalue weighted by molar-refractivity contribution is -0.114. The van der Waals surface area contributed by atoms with Crippen LogP contribution in [0.5, 0.6) is 0 Å². The molecule has 3 rings (SSSR count). The minimum absolute atomic E-state index is 0.0792. The zero-order chi connectivity index (χ0) is 21.9. The van der Waals surface area contributed by atoms with Gasteiger partial charge in [-0.05, 0) is 61.4 Å². The molecule has 1 amide bonds. The Labute approximate surface area is 186 Å². The zero-order valence-electron chi connectivity index (χ0n) is 16.4. The number of nitrogens with one attached hydrogen (secondary N) is 1. The number of carbonyl (C=O) groups is 1. The summed E-state index contributed by atoms with van der Waals surface area (Å²) < 4.78 is 27.8. The molecule has 0 aliphatic carbocycles. The summed E-state index contributed by atoms with van der Waals surface area (Å²) in [5, 5.41) is 3.58. The molecule has 0 aliphatic rings. The molecule has 0 spiro atoms. The Morgan fingerprint density at radius 2 is 1.60 bits per heavy atom. The third-order valence-electron chi connectivity index (χ3n) is 4.51. The van der Waals surface area contributed by atoms with Gasteiger partial charge in [-0.25, -0.2) is 8.42 Å². The summed E-state index contributed by atoms with van der Waals surface area (Å²) in [6.45, 7) is 3.19. The Morgan fingerprint density at radius 1 is 0.933 bits per heavy atom. The standard InChI is InChI=1S/C22H20Cl2N2O3S/c1-15-9-11-18(13-20(15)24)25-22(27)14-26(21-12-17(23)10-8-16(21)2)30(28,29)19-6-4-3-5-7-19/h3-13H,14H2,1-2H3,(H,25,27). The third-order valence-corrected chi connectivity index (χ3v) is 6.93. The van der Waals surface area contributed by atoms with Crippen molar-refractivity contribution in [2.75, 3.05) is 16.2 Å². The second-order valence-corrected chi connectivity index (χ2v) is 9.47. The molecule has 0 saturated heterocycles. The Morgan fingerprint density at radius 3 is 2.27 bits per heavy atom. The molecular formula is C22H20Cl2N2O3S. The fourth-order valence-electron chi connectivity index (χ4n) is 2.87. The molecule has 0 heterocycles. The number of carbonyl (C=O) groups excluding carboxylic acids is 1.